The Morgan fingerprint density at radius 1 is 1.21 bits per heavy atom. The van der Waals surface area contributed by atoms with Crippen molar-refractivity contribution in [2.24, 2.45) is 11.7 Å². The molecule has 0 aromatic heterocycles. The van der Waals surface area contributed by atoms with E-state index in [0.29, 0.717) is 6.04 Å². The zero-order valence-electron chi connectivity index (χ0n) is 10.00. The Hall–Kier alpha value is -0.0800. The van der Waals surface area contributed by atoms with Gasteiger partial charge in [0.25, 0.3) is 0 Å². The topological polar surface area (TPSA) is 29.3 Å². The van der Waals surface area contributed by atoms with Gasteiger partial charge in [0.1, 0.15) is 0 Å². The van der Waals surface area contributed by atoms with E-state index in [1.807, 2.05) is 0 Å². The molecule has 0 saturated heterocycles. The van der Waals surface area contributed by atoms with Crippen LogP contribution in [0.1, 0.15) is 46.5 Å². The molecule has 0 unspecified atom stereocenters. The van der Waals surface area contributed by atoms with E-state index in [1.165, 1.54) is 38.8 Å². The van der Waals surface area contributed by atoms with Gasteiger partial charge in [-0.1, -0.05) is 20.8 Å². The van der Waals surface area contributed by atoms with Crippen LogP contribution in [0.25, 0.3) is 0 Å². The first kappa shape index (κ1) is 12.0. The molecule has 0 bridgehead atoms. The summed E-state index contributed by atoms with van der Waals surface area (Å²) in [6.45, 7) is 9.32. The van der Waals surface area contributed by atoms with Gasteiger partial charge in [-0.25, -0.2) is 0 Å². The first-order chi connectivity index (χ1) is 6.63. The summed E-state index contributed by atoms with van der Waals surface area (Å²) in [5.74, 6) is 0.783. The van der Waals surface area contributed by atoms with Crippen LogP contribution in [0, 0.1) is 5.92 Å². The van der Waals surface area contributed by atoms with E-state index < -0.39 is 0 Å². The summed E-state index contributed by atoms with van der Waals surface area (Å²) in [7, 11) is 0. The van der Waals surface area contributed by atoms with Crippen molar-refractivity contribution in [3.8, 4) is 0 Å². The van der Waals surface area contributed by atoms with Crippen LogP contribution in [0.2, 0.25) is 0 Å². The number of hydrogen-bond acceptors (Lipinski definition) is 2. The molecule has 0 radical (unpaired) electrons. The highest BCUT2D eigenvalue weighted by atomic mass is 15.1. The van der Waals surface area contributed by atoms with Crippen LogP contribution < -0.4 is 5.73 Å². The summed E-state index contributed by atoms with van der Waals surface area (Å²) in [4.78, 5) is 2.64. The normalized spacial score (nSPS) is 28.7. The number of hydrogen-bond donors (Lipinski definition) is 1. The lowest BCUT2D eigenvalue weighted by Gasteiger charge is -2.36. The van der Waals surface area contributed by atoms with Crippen LogP contribution >= 0.6 is 0 Å². The molecule has 0 amide bonds. The van der Waals surface area contributed by atoms with Gasteiger partial charge < -0.3 is 10.6 Å². The third kappa shape index (κ3) is 3.58. The predicted molar refractivity (Wildman–Crippen MR) is 62.3 cm³/mol. The molecule has 1 aliphatic carbocycles. The molecular weight excluding hydrogens is 172 g/mol. The molecule has 0 aromatic rings. The zero-order chi connectivity index (χ0) is 10.6. The van der Waals surface area contributed by atoms with E-state index in [2.05, 4.69) is 25.7 Å². The maximum Gasteiger partial charge on any atom is 0.00964 e. The second kappa shape index (κ2) is 5.72. The van der Waals surface area contributed by atoms with E-state index in [1.54, 1.807) is 0 Å². The number of nitrogens with two attached hydrogens (primary N) is 1. The van der Waals surface area contributed by atoms with Gasteiger partial charge in [0.2, 0.25) is 0 Å². The van der Waals surface area contributed by atoms with Gasteiger partial charge in [0.05, 0.1) is 0 Å². The highest BCUT2D eigenvalue weighted by molar-refractivity contribution is 4.81. The van der Waals surface area contributed by atoms with Crippen molar-refractivity contribution in [1.29, 1.82) is 0 Å². The lowest BCUT2D eigenvalue weighted by Crippen LogP contribution is -2.42. The summed E-state index contributed by atoms with van der Waals surface area (Å²) >= 11 is 0. The monoisotopic (exact) mass is 198 g/mol. The molecular formula is C12H26N2. The molecule has 0 atom stereocenters. The Bertz CT molecular complexity index is 148. The van der Waals surface area contributed by atoms with Crippen LogP contribution in [0.5, 0.6) is 0 Å². The minimum absolute atomic E-state index is 0.476. The van der Waals surface area contributed by atoms with E-state index in [-0.39, 0.29) is 0 Å². The fraction of sp³-hybridized carbons (Fsp3) is 1.00. The first-order valence-electron chi connectivity index (χ1n) is 6.13. The molecule has 2 heteroatoms. The van der Waals surface area contributed by atoms with E-state index >= 15 is 0 Å². The van der Waals surface area contributed by atoms with Crippen LogP contribution in [0.15, 0.2) is 0 Å². The summed E-state index contributed by atoms with van der Waals surface area (Å²) in [6, 6.07) is 1.28. The molecule has 2 N–H and O–H groups in total. The lowest BCUT2D eigenvalue weighted by molar-refractivity contribution is 0.141. The Labute approximate surface area is 88.8 Å². The van der Waals surface area contributed by atoms with Crippen molar-refractivity contribution in [2.75, 3.05) is 13.1 Å². The van der Waals surface area contributed by atoms with E-state index in [9.17, 15) is 0 Å². The average Bonchev–Trinajstić information content (AvgIpc) is 2.15. The van der Waals surface area contributed by atoms with Crippen LogP contribution in [-0.4, -0.2) is 30.1 Å². The lowest BCUT2D eigenvalue weighted by atomic mass is 9.90. The molecule has 0 heterocycles. The van der Waals surface area contributed by atoms with Crippen molar-refractivity contribution in [3.05, 3.63) is 0 Å². The van der Waals surface area contributed by atoms with Gasteiger partial charge in [-0.15, -0.1) is 0 Å². The molecule has 1 aliphatic rings. The Morgan fingerprint density at radius 3 is 2.21 bits per heavy atom. The van der Waals surface area contributed by atoms with Gasteiger partial charge in [-0.2, -0.15) is 0 Å². The van der Waals surface area contributed by atoms with Gasteiger partial charge in [-0.3, -0.25) is 0 Å². The molecule has 84 valence electrons. The smallest absolute Gasteiger partial charge is 0.00964 e. The SMILES string of the molecule is CCN(CC(C)C)C1CCC(N)CC1. The summed E-state index contributed by atoms with van der Waals surface area (Å²) in [6.07, 6.45) is 5.06. The van der Waals surface area contributed by atoms with Crippen LogP contribution in [0.3, 0.4) is 0 Å². The molecule has 14 heavy (non-hydrogen) atoms. The van der Waals surface area contributed by atoms with Crippen molar-refractivity contribution in [2.45, 2.75) is 58.5 Å². The molecule has 1 rings (SSSR count). The molecule has 1 saturated carbocycles. The average molecular weight is 198 g/mol. The number of nitrogens with zero attached hydrogens (tertiary/aromatic N) is 1. The largest absolute Gasteiger partial charge is 0.328 e. The minimum atomic E-state index is 0.476. The fourth-order valence-corrected chi connectivity index (χ4v) is 2.47. The standard InChI is InChI=1S/C12H26N2/c1-4-14(9-10(2)3)12-7-5-11(13)6-8-12/h10-12H,4-9,13H2,1-3H3. The van der Waals surface area contributed by atoms with Crippen molar-refractivity contribution in [1.82, 2.24) is 4.90 Å². The maximum absolute atomic E-state index is 5.92. The Morgan fingerprint density at radius 2 is 1.79 bits per heavy atom. The second-order valence-electron chi connectivity index (χ2n) is 5.05. The van der Waals surface area contributed by atoms with Gasteiger partial charge in [0, 0.05) is 18.6 Å². The highest BCUT2D eigenvalue weighted by Gasteiger charge is 2.23. The third-order valence-electron chi connectivity index (χ3n) is 3.26. The Balaban J connectivity index is 2.36. The third-order valence-corrected chi connectivity index (χ3v) is 3.26. The van der Waals surface area contributed by atoms with E-state index in [0.717, 1.165) is 12.0 Å². The van der Waals surface area contributed by atoms with Crippen molar-refractivity contribution < 1.29 is 0 Å². The summed E-state index contributed by atoms with van der Waals surface area (Å²) < 4.78 is 0. The summed E-state index contributed by atoms with van der Waals surface area (Å²) in [5.41, 5.74) is 5.92. The first-order valence-corrected chi connectivity index (χ1v) is 6.13. The molecule has 2 nitrogen and oxygen atoms in total. The summed E-state index contributed by atoms with van der Waals surface area (Å²) in [5, 5.41) is 0. The number of rotatable bonds is 4. The van der Waals surface area contributed by atoms with Crippen LogP contribution in [0.4, 0.5) is 0 Å². The fourth-order valence-electron chi connectivity index (χ4n) is 2.47. The molecule has 0 spiro atoms. The minimum Gasteiger partial charge on any atom is -0.328 e. The molecule has 0 aromatic carbocycles. The van der Waals surface area contributed by atoms with E-state index in [4.69, 9.17) is 5.73 Å². The maximum atomic E-state index is 5.92. The molecule has 0 aliphatic heterocycles. The second-order valence-corrected chi connectivity index (χ2v) is 5.05. The highest BCUT2D eigenvalue weighted by Crippen LogP contribution is 2.22. The van der Waals surface area contributed by atoms with Gasteiger partial charge >= 0.3 is 0 Å². The Kier molecular flexibility index (Phi) is 4.90. The quantitative estimate of drug-likeness (QED) is 0.750. The van der Waals surface area contributed by atoms with Gasteiger partial charge in [-0.05, 0) is 38.1 Å². The molecule has 1 fully saturated rings. The van der Waals surface area contributed by atoms with Crippen molar-refractivity contribution in [3.63, 3.8) is 0 Å². The van der Waals surface area contributed by atoms with Gasteiger partial charge in [0.15, 0.2) is 0 Å². The van der Waals surface area contributed by atoms with Crippen molar-refractivity contribution >= 4 is 0 Å². The predicted octanol–water partition coefficient (Wildman–Crippen LogP) is 2.23. The van der Waals surface area contributed by atoms with Crippen LogP contribution in [-0.2, 0) is 0 Å². The zero-order valence-corrected chi connectivity index (χ0v) is 10.00.